The minimum Gasteiger partial charge on any atom is -0.550 e. The Balaban J connectivity index is 3.41. The van der Waals surface area contributed by atoms with Crippen LogP contribution in [0.5, 0.6) is 0 Å². The molecule has 90 valence electrons. The standard InChI is InChI=1S/C11H23NO3/c1-10(6-5-7-11(13)14)15-9-8-12(2,3)4/h10H,5-9H2,1-4H3. The maximum absolute atomic E-state index is 10.2. The number of likely N-dealkylation sites (N-methyl/N-ethyl adjacent to an activating group) is 1. The predicted molar refractivity (Wildman–Crippen MR) is 57.2 cm³/mol. The maximum atomic E-state index is 10.2. The highest BCUT2D eigenvalue weighted by Crippen LogP contribution is 2.04. The van der Waals surface area contributed by atoms with Crippen molar-refractivity contribution in [2.45, 2.75) is 32.3 Å². The van der Waals surface area contributed by atoms with Crippen molar-refractivity contribution in [3.05, 3.63) is 0 Å². The molecule has 0 rings (SSSR count). The van der Waals surface area contributed by atoms with Crippen LogP contribution in [0.25, 0.3) is 0 Å². The molecule has 0 radical (unpaired) electrons. The van der Waals surface area contributed by atoms with E-state index in [1.165, 1.54) is 0 Å². The molecule has 1 unspecified atom stereocenters. The molecule has 0 aromatic heterocycles. The molecule has 0 aliphatic rings. The molecule has 0 N–H and O–H groups in total. The van der Waals surface area contributed by atoms with E-state index in [0.29, 0.717) is 6.42 Å². The van der Waals surface area contributed by atoms with Gasteiger partial charge in [0.15, 0.2) is 0 Å². The molecular weight excluding hydrogens is 194 g/mol. The van der Waals surface area contributed by atoms with Crippen LogP contribution < -0.4 is 5.11 Å². The van der Waals surface area contributed by atoms with Crippen LogP contribution in [0, 0.1) is 0 Å². The Morgan fingerprint density at radius 2 is 2.00 bits per heavy atom. The lowest BCUT2D eigenvalue weighted by Crippen LogP contribution is -2.38. The number of nitrogens with zero attached hydrogens (tertiary/aromatic N) is 1. The molecule has 15 heavy (non-hydrogen) atoms. The average Bonchev–Trinajstić information content (AvgIpc) is 2.00. The van der Waals surface area contributed by atoms with Crippen LogP contribution in [0.15, 0.2) is 0 Å². The Bertz CT molecular complexity index is 187. The number of ether oxygens (including phenoxy) is 1. The Kier molecular flexibility index (Phi) is 6.52. The summed E-state index contributed by atoms with van der Waals surface area (Å²) in [5.41, 5.74) is 0. The van der Waals surface area contributed by atoms with Gasteiger partial charge in [-0.15, -0.1) is 0 Å². The fourth-order valence-electron chi connectivity index (χ4n) is 1.14. The van der Waals surface area contributed by atoms with E-state index in [-0.39, 0.29) is 12.5 Å². The van der Waals surface area contributed by atoms with Gasteiger partial charge in [0.1, 0.15) is 6.54 Å². The van der Waals surface area contributed by atoms with E-state index < -0.39 is 5.97 Å². The zero-order valence-electron chi connectivity index (χ0n) is 10.3. The van der Waals surface area contributed by atoms with Gasteiger partial charge >= 0.3 is 0 Å². The first-order valence-electron chi connectivity index (χ1n) is 5.43. The molecule has 0 aliphatic heterocycles. The molecule has 0 saturated heterocycles. The highest BCUT2D eigenvalue weighted by atomic mass is 16.5. The van der Waals surface area contributed by atoms with Gasteiger partial charge in [0.05, 0.1) is 33.9 Å². The Morgan fingerprint density at radius 3 is 2.47 bits per heavy atom. The maximum Gasteiger partial charge on any atom is 0.102 e. The summed E-state index contributed by atoms with van der Waals surface area (Å²) in [4.78, 5) is 10.2. The minimum absolute atomic E-state index is 0.128. The molecule has 0 amide bonds. The number of rotatable bonds is 8. The van der Waals surface area contributed by atoms with Crippen LogP contribution in [0.4, 0.5) is 0 Å². The summed E-state index contributed by atoms with van der Waals surface area (Å²) in [5.74, 6) is -0.978. The molecule has 0 aromatic carbocycles. The highest BCUT2D eigenvalue weighted by molar-refractivity contribution is 5.64. The largest absolute Gasteiger partial charge is 0.550 e. The van der Waals surface area contributed by atoms with Crippen molar-refractivity contribution in [2.24, 2.45) is 0 Å². The second kappa shape index (κ2) is 6.80. The normalized spacial score (nSPS) is 13.9. The third kappa shape index (κ3) is 11.3. The van der Waals surface area contributed by atoms with Gasteiger partial charge in [-0.2, -0.15) is 0 Å². The topological polar surface area (TPSA) is 49.4 Å². The third-order valence-corrected chi connectivity index (χ3v) is 2.16. The van der Waals surface area contributed by atoms with E-state index in [1.54, 1.807) is 0 Å². The highest BCUT2D eigenvalue weighted by Gasteiger charge is 2.08. The van der Waals surface area contributed by atoms with Crippen LogP contribution >= 0.6 is 0 Å². The Morgan fingerprint density at radius 1 is 1.40 bits per heavy atom. The Hall–Kier alpha value is -0.610. The SMILES string of the molecule is CC(CCCC(=O)[O-])OCC[N+](C)(C)C. The molecule has 4 nitrogen and oxygen atoms in total. The molecule has 0 aliphatic carbocycles. The predicted octanol–water partition coefficient (Wildman–Crippen LogP) is 0.0179. The van der Waals surface area contributed by atoms with Crippen molar-refractivity contribution in [3.8, 4) is 0 Å². The summed E-state index contributed by atoms with van der Waals surface area (Å²) in [5, 5.41) is 10.2. The number of carbonyl (C=O) groups excluding carboxylic acids is 1. The molecule has 0 bridgehead atoms. The lowest BCUT2D eigenvalue weighted by atomic mass is 10.2. The zero-order chi connectivity index (χ0) is 11.9. The fraction of sp³-hybridized carbons (Fsp3) is 0.909. The van der Waals surface area contributed by atoms with Crippen LogP contribution in [0.1, 0.15) is 26.2 Å². The minimum atomic E-state index is -0.978. The zero-order valence-corrected chi connectivity index (χ0v) is 10.3. The first-order chi connectivity index (χ1) is 6.81. The van der Waals surface area contributed by atoms with Gasteiger partial charge in [-0.3, -0.25) is 0 Å². The van der Waals surface area contributed by atoms with Gasteiger partial charge in [0, 0.05) is 5.97 Å². The molecule has 0 saturated carbocycles. The molecule has 4 heteroatoms. The lowest BCUT2D eigenvalue weighted by molar-refractivity contribution is -0.870. The number of carboxylic acids is 1. The summed E-state index contributed by atoms with van der Waals surface area (Å²) in [7, 11) is 6.35. The fourth-order valence-corrected chi connectivity index (χ4v) is 1.14. The van der Waals surface area contributed by atoms with Crippen molar-refractivity contribution in [1.82, 2.24) is 0 Å². The second-order valence-corrected chi connectivity index (χ2v) is 4.96. The van der Waals surface area contributed by atoms with Crippen molar-refractivity contribution < 1.29 is 19.1 Å². The first-order valence-corrected chi connectivity index (χ1v) is 5.43. The number of carbonyl (C=O) groups is 1. The van der Waals surface area contributed by atoms with Gasteiger partial charge in [-0.1, -0.05) is 0 Å². The first kappa shape index (κ1) is 14.4. The Labute approximate surface area is 92.4 Å². The molecule has 0 fully saturated rings. The van der Waals surface area contributed by atoms with Crippen LogP contribution in [-0.4, -0.2) is 50.9 Å². The molecule has 1 atom stereocenters. The van der Waals surface area contributed by atoms with Crippen LogP contribution in [0.3, 0.4) is 0 Å². The van der Waals surface area contributed by atoms with Crippen molar-refractivity contribution in [2.75, 3.05) is 34.3 Å². The molecule has 0 spiro atoms. The van der Waals surface area contributed by atoms with Gasteiger partial charge in [-0.05, 0) is 26.2 Å². The summed E-state index contributed by atoms with van der Waals surface area (Å²) in [6.45, 7) is 3.66. The monoisotopic (exact) mass is 217 g/mol. The quantitative estimate of drug-likeness (QED) is 0.538. The summed E-state index contributed by atoms with van der Waals surface area (Å²) in [6.07, 6.45) is 1.68. The van der Waals surface area contributed by atoms with E-state index in [4.69, 9.17) is 4.74 Å². The van der Waals surface area contributed by atoms with E-state index in [2.05, 4.69) is 21.1 Å². The average molecular weight is 217 g/mol. The van der Waals surface area contributed by atoms with Gasteiger partial charge in [-0.25, -0.2) is 0 Å². The van der Waals surface area contributed by atoms with E-state index >= 15 is 0 Å². The third-order valence-electron chi connectivity index (χ3n) is 2.16. The van der Waals surface area contributed by atoms with Gasteiger partial charge in [0.25, 0.3) is 0 Å². The molecule has 0 heterocycles. The van der Waals surface area contributed by atoms with Gasteiger partial charge in [0.2, 0.25) is 0 Å². The van der Waals surface area contributed by atoms with Crippen LogP contribution in [0.2, 0.25) is 0 Å². The smallest absolute Gasteiger partial charge is 0.102 e. The number of hydrogen-bond donors (Lipinski definition) is 0. The van der Waals surface area contributed by atoms with Crippen molar-refractivity contribution in [1.29, 1.82) is 0 Å². The summed E-state index contributed by atoms with van der Waals surface area (Å²) in [6, 6.07) is 0. The number of quaternary nitrogens is 1. The second-order valence-electron chi connectivity index (χ2n) is 4.96. The van der Waals surface area contributed by atoms with E-state index in [0.717, 1.165) is 24.1 Å². The number of aliphatic carboxylic acids is 1. The lowest BCUT2D eigenvalue weighted by Gasteiger charge is -2.24. The van der Waals surface area contributed by atoms with E-state index in [9.17, 15) is 9.90 Å². The number of carboxylic acid groups (broad SMARTS) is 1. The van der Waals surface area contributed by atoms with Gasteiger partial charge < -0.3 is 19.1 Å². The van der Waals surface area contributed by atoms with Crippen molar-refractivity contribution in [3.63, 3.8) is 0 Å². The van der Waals surface area contributed by atoms with Crippen LogP contribution in [-0.2, 0) is 9.53 Å². The summed E-state index contributed by atoms with van der Waals surface area (Å²) < 4.78 is 6.45. The summed E-state index contributed by atoms with van der Waals surface area (Å²) >= 11 is 0. The van der Waals surface area contributed by atoms with Crippen molar-refractivity contribution >= 4 is 5.97 Å². The number of hydrogen-bond acceptors (Lipinski definition) is 3. The molecular formula is C11H23NO3. The molecule has 0 aromatic rings. The van der Waals surface area contributed by atoms with E-state index in [1.807, 2.05) is 6.92 Å².